The number of hydrogen-bond acceptors (Lipinski definition) is 4. The molecule has 1 aromatic carbocycles. The van der Waals surface area contributed by atoms with Gasteiger partial charge < -0.3 is 10.8 Å². The van der Waals surface area contributed by atoms with Gasteiger partial charge in [0.2, 0.25) is 0 Å². The van der Waals surface area contributed by atoms with E-state index in [0.717, 1.165) is 59.5 Å². The Morgan fingerprint density at radius 3 is 2.30 bits per heavy atom. The van der Waals surface area contributed by atoms with E-state index >= 15 is 0 Å². The third-order valence-electron chi connectivity index (χ3n) is 3.46. The van der Waals surface area contributed by atoms with Gasteiger partial charge in [0.1, 0.15) is 0 Å². The molecule has 0 radical (unpaired) electrons. The highest BCUT2D eigenvalue weighted by molar-refractivity contribution is 9.11. The molecule has 0 spiro atoms. The van der Waals surface area contributed by atoms with Gasteiger partial charge in [-0.25, -0.2) is 0 Å². The third-order valence-corrected chi connectivity index (χ3v) is 4.57. The standard InChI is InChI=1S/C13H19Br2N3O.ClH/c14-11-7-10(13(16)12(15)8-11)9-18-3-1-17(2-4-18)5-6-19;/h7-8,19H,1-6,9,16H2;1H. The summed E-state index contributed by atoms with van der Waals surface area (Å²) in [6.45, 7) is 5.94. The van der Waals surface area contributed by atoms with Crippen molar-refractivity contribution < 1.29 is 5.11 Å². The van der Waals surface area contributed by atoms with Gasteiger partial charge in [0.25, 0.3) is 0 Å². The molecule has 0 unspecified atom stereocenters. The molecule has 114 valence electrons. The predicted octanol–water partition coefficient (Wildman–Crippen LogP) is 2.33. The van der Waals surface area contributed by atoms with Crippen LogP contribution in [0.25, 0.3) is 0 Å². The van der Waals surface area contributed by atoms with Gasteiger partial charge in [0.05, 0.1) is 12.3 Å². The molecular formula is C13H20Br2ClN3O. The second kappa shape index (κ2) is 8.56. The van der Waals surface area contributed by atoms with E-state index in [2.05, 4.69) is 47.7 Å². The summed E-state index contributed by atoms with van der Waals surface area (Å²) >= 11 is 6.98. The molecule has 0 aromatic heterocycles. The molecule has 0 bridgehead atoms. The lowest BCUT2D eigenvalue weighted by Crippen LogP contribution is -2.46. The molecule has 1 aliphatic rings. The average Bonchev–Trinajstić information content (AvgIpc) is 2.38. The minimum Gasteiger partial charge on any atom is -0.398 e. The number of nitrogens with two attached hydrogens (primary N) is 1. The summed E-state index contributed by atoms with van der Waals surface area (Å²) in [7, 11) is 0. The lowest BCUT2D eigenvalue weighted by Gasteiger charge is -2.34. The van der Waals surface area contributed by atoms with Crippen LogP contribution in [0.5, 0.6) is 0 Å². The molecule has 1 heterocycles. The van der Waals surface area contributed by atoms with Crippen molar-refractivity contribution in [3.8, 4) is 0 Å². The zero-order chi connectivity index (χ0) is 13.8. The van der Waals surface area contributed by atoms with E-state index in [4.69, 9.17) is 10.8 Å². The number of β-amino-alcohol motifs (C(OH)–C–C–N with tert-alkyl or cyclic N) is 1. The van der Waals surface area contributed by atoms with Crippen LogP contribution in [-0.2, 0) is 6.54 Å². The van der Waals surface area contributed by atoms with Crippen molar-refractivity contribution in [2.75, 3.05) is 45.1 Å². The van der Waals surface area contributed by atoms with Crippen molar-refractivity contribution in [1.82, 2.24) is 9.80 Å². The van der Waals surface area contributed by atoms with Gasteiger partial charge in [-0.2, -0.15) is 0 Å². The molecule has 7 heteroatoms. The Hall–Kier alpha value is 0.150. The third kappa shape index (κ3) is 4.86. The predicted molar refractivity (Wildman–Crippen MR) is 92.3 cm³/mol. The van der Waals surface area contributed by atoms with Crippen molar-refractivity contribution in [3.63, 3.8) is 0 Å². The number of nitrogen functional groups attached to an aromatic ring is 1. The maximum Gasteiger partial charge on any atom is 0.0558 e. The van der Waals surface area contributed by atoms with Crippen LogP contribution >= 0.6 is 44.3 Å². The minimum absolute atomic E-state index is 0. The van der Waals surface area contributed by atoms with Crippen LogP contribution < -0.4 is 5.73 Å². The number of halogens is 3. The molecule has 0 atom stereocenters. The number of anilines is 1. The molecule has 20 heavy (non-hydrogen) atoms. The zero-order valence-electron chi connectivity index (χ0n) is 11.2. The van der Waals surface area contributed by atoms with E-state index in [-0.39, 0.29) is 19.0 Å². The Kier molecular flexibility index (Phi) is 7.79. The van der Waals surface area contributed by atoms with Gasteiger partial charge in [-0.1, -0.05) is 15.9 Å². The molecule has 2 rings (SSSR count). The summed E-state index contributed by atoms with van der Waals surface area (Å²) in [5.41, 5.74) is 8.08. The van der Waals surface area contributed by atoms with E-state index in [1.807, 2.05) is 6.07 Å². The number of hydrogen-bond donors (Lipinski definition) is 2. The second-order valence-corrected chi connectivity index (χ2v) is 6.57. The monoisotopic (exact) mass is 427 g/mol. The Labute approximate surface area is 143 Å². The van der Waals surface area contributed by atoms with Gasteiger partial charge in [0, 0.05) is 48.2 Å². The largest absolute Gasteiger partial charge is 0.398 e. The normalized spacial score (nSPS) is 16.9. The lowest BCUT2D eigenvalue weighted by atomic mass is 10.1. The maximum atomic E-state index is 8.93. The number of rotatable bonds is 4. The van der Waals surface area contributed by atoms with Crippen molar-refractivity contribution >= 4 is 50.0 Å². The average molecular weight is 430 g/mol. The summed E-state index contributed by atoms with van der Waals surface area (Å²) in [5.74, 6) is 0. The van der Waals surface area contributed by atoms with Crippen molar-refractivity contribution in [2.24, 2.45) is 0 Å². The SMILES string of the molecule is Cl.Nc1c(Br)cc(Br)cc1CN1CCN(CCO)CC1. The molecule has 1 aromatic rings. The first-order valence-corrected chi connectivity index (χ1v) is 7.97. The number of nitrogens with zero attached hydrogens (tertiary/aromatic N) is 2. The molecule has 3 N–H and O–H groups in total. The smallest absolute Gasteiger partial charge is 0.0558 e. The van der Waals surface area contributed by atoms with Gasteiger partial charge in [0.15, 0.2) is 0 Å². The highest BCUT2D eigenvalue weighted by atomic mass is 79.9. The molecule has 0 amide bonds. The number of aliphatic hydroxyl groups excluding tert-OH is 1. The first-order chi connectivity index (χ1) is 9.10. The Morgan fingerprint density at radius 2 is 1.70 bits per heavy atom. The van der Waals surface area contributed by atoms with Gasteiger partial charge >= 0.3 is 0 Å². The topological polar surface area (TPSA) is 52.7 Å². The quantitative estimate of drug-likeness (QED) is 0.722. The first kappa shape index (κ1) is 18.2. The van der Waals surface area contributed by atoms with Crippen LogP contribution in [0.4, 0.5) is 5.69 Å². The maximum absolute atomic E-state index is 8.93. The lowest BCUT2D eigenvalue weighted by molar-refractivity contribution is 0.108. The first-order valence-electron chi connectivity index (χ1n) is 6.39. The second-order valence-electron chi connectivity index (χ2n) is 4.80. The fourth-order valence-electron chi connectivity index (χ4n) is 2.32. The van der Waals surface area contributed by atoms with Crippen LogP contribution in [0.3, 0.4) is 0 Å². The molecule has 1 fully saturated rings. The van der Waals surface area contributed by atoms with E-state index in [0.29, 0.717) is 0 Å². The molecule has 4 nitrogen and oxygen atoms in total. The van der Waals surface area contributed by atoms with E-state index in [9.17, 15) is 0 Å². The Bertz CT molecular complexity index is 440. The number of aliphatic hydroxyl groups is 1. The van der Waals surface area contributed by atoms with E-state index in [1.165, 1.54) is 0 Å². The highest BCUT2D eigenvalue weighted by Gasteiger charge is 2.17. The number of benzene rings is 1. The summed E-state index contributed by atoms with van der Waals surface area (Å²) in [4.78, 5) is 4.69. The minimum atomic E-state index is 0. The van der Waals surface area contributed by atoms with Gasteiger partial charge in [-0.05, 0) is 33.6 Å². The molecular weight excluding hydrogens is 409 g/mol. The Morgan fingerprint density at radius 1 is 1.10 bits per heavy atom. The molecule has 1 aliphatic heterocycles. The van der Waals surface area contributed by atoms with Crippen LogP contribution in [-0.4, -0.2) is 54.2 Å². The summed E-state index contributed by atoms with van der Waals surface area (Å²) in [6, 6.07) is 4.05. The van der Waals surface area contributed by atoms with Crippen LogP contribution in [0.1, 0.15) is 5.56 Å². The summed E-state index contributed by atoms with van der Waals surface area (Å²) < 4.78 is 1.98. The fraction of sp³-hybridized carbons (Fsp3) is 0.538. The fourth-order valence-corrected chi connectivity index (χ4v) is 3.64. The van der Waals surface area contributed by atoms with Crippen molar-refractivity contribution in [2.45, 2.75) is 6.54 Å². The number of piperazine rings is 1. The molecule has 1 saturated heterocycles. The zero-order valence-corrected chi connectivity index (χ0v) is 15.2. The van der Waals surface area contributed by atoms with E-state index in [1.54, 1.807) is 0 Å². The van der Waals surface area contributed by atoms with Crippen molar-refractivity contribution in [1.29, 1.82) is 0 Å². The van der Waals surface area contributed by atoms with Gasteiger partial charge in [-0.3, -0.25) is 9.80 Å². The Balaban J connectivity index is 0.00000200. The van der Waals surface area contributed by atoms with Crippen LogP contribution in [0, 0.1) is 0 Å². The highest BCUT2D eigenvalue weighted by Crippen LogP contribution is 2.29. The van der Waals surface area contributed by atoms with Crippen molar-refractivity contribution in [3.05, 3.63) is 26.6 Å². The molecule has 0 saturated carbocycles. The summed E-state index contributed by atoms with van der Waals surface area (Å²) in [5, 5.41) is 8.93. The van der Waals surface area contributed by atoms with E-state index < -0.39 is 0 Å². The van der Waals surface area contributed by atoms with Crippen LogP contribution in [0.15, 0.2) is 21.1 Å². The summed E-state index contributed by atoms with van der Waals surface area (Å²) in [6.07, 6.45) is 0. The van der Waals surface area contributed by atoms with Crippen LogP contribution in [0.2, 0.25) is 0 Å². The van der Waals surface area contributed by atoms with Gasteiger partial charge in [-0.15, -0.1) is 12.4 Å². The molecule has 0 aliphatic carbocycles.